The Morgan fingerprint density at radius 1 is 0.946 bits per heavy atom. The lowest BCUT2D eigenvalue weighted by molar-refractivity contribution is 0.143. The number of likely N-dealkylation sites (tertiary alicyclic amines) is 2. The minimum atomic E-state index is -0.461. The summed E-state index contributed by atoms with van der Waals surface area (Å²) in [5, 5.41) is 0. The highest BCUT2D eigenvalue weighted by Gasteiger charge is 2.41. The van der Waals surface area contributed by atoms with Gasteiger partial charge in [-0.25, -0.2) is 23.7 Å². The molecule has 2 aliphatic heterocycles. The third-order valence-corrected chi connectivity index (χ3v) is 7.30. The quantitative estimate of drug-likeness (QED) is 0.380. The van der Waals surface area contributed by atoms with Crippen molar-refractivity contribution in [3.63, 3.8) is 0 Å². The number of nitrogens with zero attached hydrogens (tertiary/aromatic N) is 7. The van der Waals surface area contributed by atoms with Crippen molar-refractivity contribution in [3.05, 3.63) is 70.9 Å². The molecule has 6 rings (SSSR count). The maximum atomic E-state index is 15.4. The van der Waals surface area contributed by atoms with Crippen LogP contribution in [0.1, 0.15) is 29.1 Å². The highest BCUT2D eigenvalue weighted by atomic mass is 32.1. The van der Waals surface area contributed by atoms with E-state index in [2.05, 4.69) is 31.8 Å². The number of hydrogen-bond acceptors (Lipinski definition) is 6. The Balaban J connectivity index is 0.00000160. The summed E-state index contributed by atoms with van der Waals surface area (Å²) in [6.07, 6.45) is 3.90. The van der Waals surface area contributed by atoms with Crippen LogP contribution in [0.4, 0.5) is 8.78 Å². The fourth-order valence-corrected chi connectivity index (χ4v) is 5.54. The van der Waals surface area contributed by atoms with Gasteiger partial charge in [0.1, 0.15) is 28.8 Å². The van der Waals surface area contributed by atoms with Crippen LogP contribution in [0.15, 0.2) is 36.7 Å². The molecule has 2 atom stereocenters. The van der Waals surface area contributed by atoms with Crippen LogP contribution in [0.5, 0.6) is 0 Å². The van der Waals surface area contributed by atoms with Gasteiger partial charge in [0.15, 0.2) is 5.65 Å². The van der Waals surface area contributed by atoms with Gasteiger partial charge in [-0.15, -0.1) is 0 Å². The number of halogens is 2. The van der Waals surface area contributed by atoms with Gasteiger partial charge in [0, 0.05) is 49.0 Å². The molecule has 5 heterocycles. The van der Waals surface area contributed by atoms with Crippen molar-refractivity contribution in [2.75, 3.05) is 20.1 Å². The molecule has 0 spiro atoms. The van der Waals surface area contributed by atoms with Crippen molar-refractivity contribution in [2.45, 2.75) is 45.4 Å². The number of fused-ring (bicyclic) bond motifs is 3. The Kier molecular flexibility index (Phi) is 7.89. The van der Waals surface area contributed by atoms with E-state index in [9.17, 15) is 4.39 Å². The lowest BCUT2D eigenvalue weighted by Crippen LogP contribution is -2.43. The number of pyridine rings is 1. The Labute approximate surface area is 228 Å². The summed E-state index contributed by atoms with van der Waals surface area (Å²) in [7, 11) is 2.18. The summed E-state index contributed by atoms with van der Waals surface area (Å²) in [5.74, 6) is 0.353. The number of aryl methyl sites for hydroxylation is 2. The fourth-order valence-electron chi connectivity index (χ4n) is 5.54. The number of likely N-dealkylation sites (N-methyl/N-ethyl adjacent to an activating group) is 1. The molecule has 2 saturated heterocycles. The van der Waals surface area contributed by atoms with E-state index in [-0.39, 0.29) is 39.4 Å². The average Bonchev–Trinajstić information content (AvgIpc) is 3.48. The molecule has 0 aliphatic carbocycles. The van der Waals surface area contributed by atoms with Crippen LogP contribution in [0.3, 0.4) is 0 Å². The third kappa shape index (κ3) is 5.09. The number of benzene rings is 1. The standard InChI is InChI=1S/C26H27F2N7.2H2S/c1-15-24-26(31-16(2)30-15)35(25(32-24)19-7-20(27)10-29-9-19)12-18-5-4-17(6-23(18)28)11-34-14-21-8-22(34)13-33(21)3;;/h4-7,9-10,21-22H,8,11-14H2,1-3H3;2*1H2/t21-,22-;;/m0../s1. The van der Waals surface area contributed by atoms with Crippen molar-refractivity contribution >= 4 is 38.2 Å². The summed E-state index contributed by atoms with van der Waals surface area (Å²) in [6, 6.07) is 8.02. The van der Waals surface area contributed by atoms with Crippen LogP contribution in [-0.2, 0) is 13.1 Å². The molecule has 2 aliphatic rings. The van der Waals surface area contributed by atoms with Crippen molar-refractivity contribution < 1.29 is 8.78 Å². The summed E-state index contributed by atoms with van der Waals surface area (Å²) in [6.45, 7) is 6.76. The minimum absolute atomic E-state index is 0. The van der Waals surface area contributed by atoms with Gasteiger partial charge in [0.25, 0.3) is 0 Å². The van der Waals surface area contributed by atoms with Crippen molar-refractivity contribution in [2.24, 2.45) is 0 Å². The van der Waals surface area contributed by atoms with Gasteiger partial charge in [-0.3, -0.25) is 9.88 Å². The Morgan fingerprint density at radius 3 is 2.43 bits per heavy atom. The van der Waals surface area contributed by atoms with Gasteiger partial charge in [0.2, 0.25) is 0 Å². The van der Waals surface area contributed by atoms with E-state index >= 15 is 4.39 Å². The van der Waals surface area contributed by atoms with E-state index in [1.54, 1.807) is 12.3 Å². The van der Waals surface area contributed by atoms with Crippen LogP contribution >= 0.6 is 27.0 Å². The van der Waals surface area contributed by atoms with Crippen molar-refractivity contribution in [1.29, 1.82) is 0 Å². The van der Waals surface area contributed by atoms with E-state index in [0.29, 0.717) is 46.0 Å². The summed E-state index contributed by atoms with van der Waals surface area (Å²) < 4.78 is 31.1. The lowest BCUT2D eigenvalue weighted by Gasteiger charge is -2.31. The molecule has 0 radical (unpaired) electrons. The minimum Gasteiger partial charge on any atom is -0.304 e. The Bertz CT molecular complexity index is 1440. The molecule has 2 fully saturated rings. The van der Waals surface area contributed by atoms with Gasteiger partial charge in [-0.1, -0.05) is 12.1 Å². The van der Waals surface area contributed by atoms with E-state index in [1.807, 2.05) is 30.5 Å². The van der Waals surface area contributed by atoms with Crippen molar-refractivity contribution in [1.82, 2.24) is 34.3 Å². The molecule has 1 aromatic carbocycles. The van der Waals surface area contributed by atoms with E-state index < -0.39 is 5.82 Å². The number of piperazine rings is 1. The van der Waals surface area contributed by atoms with Crippen LogP contribution in [-0.4, -0.2) is 66.5 Å². The third-order valence-electron chi connectivity index (χ3n) is 7.30. The highest BCUT2D eigenvalue weighted by Crippen LogP contribution is 2.31. The summed E-state index contributed by atoms with van der Waals surface area (Å²) in [4.78, 5) is 22.6. The molecule has 4 aromatic rings. The van der Waals surface area contributed by atoms with Gasteiger partial charge in [0.05, 0.1) is 18.4 Å². The predicted molar refractivity (Wildman–Crippen MR) is 149 cm³/mol. The van der Waals surface area contributed by atoms with Crippen LogP contribution in [0.2, 0.25) is 0 Å². The second-order valence-electron chi connectivity index (χ2n) is 9.78. The SMILES string of the molecule is Cc1nc(C)c2nc(-c3cncc(F)c3)n(Cc3ccc(CN4C[C@@H]5C[C@H]4CN5C)cc3F)c2n1.S.S. The Morgan fingerprint density at radius 2 is 1.76 bits per heavy atom. The second kappa shape index (κ2) is 10.6. The van der Waals surface area contributed by atoms with Crippen LogP contribution in [0.25, 0.3) is 22.6 Å². The first-order valence-corrected chi connectivity index (χ1v) is 11.9. The molecular formula is C26H31F2N7S2. The topological polar surface area (TPSA) is 63.0 Å². The van der Waals surface area contributed by atoms with E-state index in [4.69, 9.17) is 4.98 Å². The predicted octanol–water partition coefficient (Wildman–Crippen LogP) is 3.95. The normalized spacial score (nSPS) is 19.3. The van der Waals surface area contributed by atoms with Gasteiger partial charge >= 0.3 is 0 Å². The number of rotatable bonds is 5. The van der Waals surface area contributed by atoms with Gasteiger partial charge < -0.3 is 9.47 Å². The largest absolute Gasteiger partial charge is 0.304 e. The number of aromatic nitrogens is 5. The molecule has 3 aromatic heterocycles. The highest BCUT2D eigenvalue weighted by molar-refractivity contribution is 7.59. The molecule has 0 saturated carbocycles. The van der Waals surface area contributed by atoms with Gasteiger partial charge in [-0.2, -0.15) is 27.0 Å². The zero-order valence-corrected chi connectivity index (χ0v) is 23.0. The average molecular weight is 544 g/mol. The van der Waals surface area contributed by atoms with Crippen LogP contribution in [0, 0.1) is 25.5 Å². The Hall–Kier alpha value is -2.60. The first-order chi connectivity index (χ1) is 16.9. The molecule has 0 amide bonds. The number of hydrogen-bond donors (Lipinski definition) is 0. The monoisotopic (exact) mass is 543 g/mol. The maximum Gasteiger partial charge on any atom is 0.164 e. The van der Waals surface area contributed by atoms with E-state index in [0.717, 1.165) is 37.1 Å². The lowest BCUT2D eigenvalue weighted by atomic mass is 10.1. The molecule has 11 heteroatoms. The smallest absolute Gasteiger partial charge is 0.164 e. The molecular weight excluding hydrogens is 512 g/mol. The summed E-state index contributed by atoms with van der Waals surface area (Å²) in [5.41, 5.74) is 3.93. The second-order valence-corrected chi connectivity index (χ2v) is 9.78. The zero-order chi connectivity index (χ0) is 24.3. The molecule has 0 N–H and O–H groups in total. The maximum absolute atomic E-state index is 15.4. The molecule has 2 bridgehead atoms. The summed E-state index contributed by atoms with van der Waals surface area (Å²) >= 11 is 0. The zero-order valence-electron chi connectivity index (χ0n) is 21.0. The van der Waals surface area contributed by atoms with Crippen LogP contribution < -0.4 is 0 Å². The molecule has 37 heavy (non-hydrogen) atoms. The molecule has 196 valence electrons. The molecule has 0 unspecified atom stereocenters. The van der Waals surface area contributed by atoms with E-state index in [1.165, 1.54) is 12.5 Å². The number of imidazole rings is 1. The van der Waals surface area contributed by atoms with Gasteiger partial charge in [-0.05, 0) is 45.0 Å². The van der Waals surface area contributed by atoms with Crippen molar-refractivity contribution in [3.8, 4) is 11.4 Å². The fraction of sp³-hybridized carbons (Fsp3) is 0.385. The first kappa shape index (κ1) is 27.4. The molecule has 7 nitrogen and oxygen atoms in total. The first-order valence-electron chi connectivity index (χ1n) is 11.9.